The summed E-state index contributed by atoms with van der Waals surface area (Å²) in [5, 5.41) is 11.4. The Kier molecular flexibility index (Phi) is 7.43. The largest absolute Gasteiger partial charge is 0.374 e. The van der Waals surface area contributed by atoms with E-state index >= 15 is 0 Å². The minimum Gasteiger partial charge on any atom is -0.374 e. The van der Waals surface area contributed by atoms with Gasteiger partial charge in [-0.15, -0.1) is 11.3 Å². The molecule has 1 aliphatic carbocycles. The van der Waals surface area contributed by atoms with E-state index in [1.165, 1.54) is 63.6 Å². The van der Waals surface area contributed by atoms with E-state index in [0.717, 1.165) is 39.5 Å². The number of nitrogens with one attached hydrogen (secondary N) is 1. The van der Waals surface area contributed by atoms with Gasteiger partial charge in [0.05, 0.1) is 34.2 Å². The second kappa shape index (κ2) is 13.1. The fraction of sp³-hybridized carbons (Fsp3) is 0.0189. The van der Waals surface area contributed by atoms with Gasteiger partial charge < -0.3 is 9.88 Å². The molecule has 272 valence electrons. The van der Waals surface area contributed by atoms with Gasteiger partial charge in [-0.1, -0.05) is 146 Å². The van der Waals surface area contributed by atoms with Gasteiger partial charge in [0.15, 0.2) is 5.82 Å². The third-order valence-corrected chi connectivity index (χ3v) is 12.8. The number of nitrogens with zero attached hydrogens (tertiary/aromatic N) is 3. The van der Waals surface area contributed by atoms with Crippen molar-refractivity contribution in [2.75, 3.05) is 0 Å². The molecule has 1 unspecified atom stereocenters. The van der Waals surface area contributed by atoms with Crippen molar-refractivity contribution in [1.29, 1.82) is 0 Å². The number of benzene rings is 7. The van der Waals surface area contributed by atoms with Crippen molar-refractivity contribution in [3.05, 3.63) is 209 Å². The predicted molar refractivity (Wildman–Crippen MR) is 242 cm³/mol. The Bertz CT molecular complexity index is 3430. The van der Waals surface area contributed by atoms with Gasteiger partial charge in [-0.2, -0.15) is 0 Å². The van der Waals surface area contributed by atoms with E-state index in [1.807, 2.05) is 29.5 Å². The molecular formula is C53H34N4S. The average molecular weight is 759 g/mol. The molecule has 3 aromatic heterocycles. The molecule has 7 aromatic carbocycles. The molecule has 5 heteroatoms. The summed E-state index contributed by atoms with van der Waals surface area (Å²) in [5.74, 6) is 0.703. The maximum atomic E-state index is 5.25. The fourth-order valence-corrected chi connectivity index (χ4v) is 10.1. The van der Waals surface area contributed by atoms with Crippen LogP contribution in [0.2, 0.25) is 0 Å². The van der Waals surface area contributed by atoms with Gasteiger partial charge in [0.1, 0.15) is 0 Å². The predicted octanol–water partition coefficient (Wildman–Crippen LogP) is 11.3. The third-order valence-electron chi connectivity index (χ3n) is 11.6. The highest BCUT2D eigenvalue weighted by Crippen LogP contribution is 2.35. The Morgan fingerprint density at radius 3 is 1.98 bits per heavy atom. The lowest BCUT2D eigenvalue weighted by molar-refractivity contribution is 0.857. The Balaban J connectivity index is 1.03. The Labute approximate surface area is 338 Å². The highest BCUT2D eigenvalue weighted by molar-refractivity contribution is 7.17. The first-order valence-electron chi connectivity index (χ1n) is 19.7. The first kappa shape index (κ1) is 32.9. The zero-order valence-corrected chi connectivity index (χ0v) is 32.1. The second-order valence-electron chi connectivity index (χ2n) is 15.0. The van der Waals surface area contributed by atoms with Crippen LogP contribution in [0.5, 0.6) is 0 Å². The summed E-state index contributed by atoms with van der Waals surface area (Å²) in [6.45, 7) is 0. The molecule has 4 heterocycles. The van der Waals surface area contributed by atoms with Gasteiger partial charge >= 0.3 is 0 Å². The first-order chi connectivity index (χ1) is 28.7. The second-order valence-corrected chi connectivity index (χ2v) is 16.1. The van der Waals surface area contributed by atoms with E-state index in [1.54, 1.807) is 0 Å². The molecule has 58 heavy (non-hydrogen) atoms. The van der Waals surface area contributed by atoms with E-state index < -0.39 is 0 Å². The van der Waals surface area contributed by atoms with E-state index in [-0.39, 0.29) is 6.04 Å². The van der Waals surface area contributed by atoms with Crippen LogP contribution in [0.3, 0.4) is 0 Å². The lowest BCUT2D eigenvalue weighted by Gasteiger charge is -2.25. The summed E-state index contributed by atoms with van der Waals surface area (Å²) < 4.78 is 4.92. The van der Waals surface area contributed by atoms with E-state index in [4.69, 9.17) is 9.97 Å². The minimum absolute atomic E-state index is 0.116. The van der Waals surface area contributed by atoms with Gasteiger partial charge in [0.25, 0.3) is 0 Å². The van der Waals surface area contributed by atoms with Crippen LogP contribution < -0.4 is 15.1 Å². The van der Waals surface area contributed by atoms with Crippen LogP contribution >= 0.6 is 11.3 Å². The van der Waals surface area contributed by atoms with Crippen LogP contribution in [0.4, 0.5) is 0 Å². The molecule has 4 nitrogen and oxygen atoms in total. The van der Waals surface area contributed by atoms with Crippen LogP contribution in [-0.4, -0.2) is 20.6 Å². The SMILES string of the molecule is C1=CC2=c3sc4ccc(-c5cc(-c6ccc(-n7c8ccccc8c8ccccc87)cc6)nc(-c6ccccc6)n5)cc4c3=C(c3ccc4ccccc4c3)NC2C=C1. The van der Waals surface area contributed by atoms with E-state index in [0.29, 0.717) is 5.82 Å². The molecule has 1 aliphatic heterocycles. The molecule has 10 aromatic rings. The molecule has 0 saturated heterocycles. The topological polar surface area (TPSA) is 42.7 Å². The molecule has 0 amide bonds. The Morgan fingerprint density at radius 2 is 1.19 bits per heavy atom. The number of allylic oxidation sites excluding steroid dienone is 2. The highest BCUT2D eigenvalue weighted by atomic mass is 32.1. The van der Waals surface area contributed by atoms with Gasteiger partial charge in [0.2, 0.25) is 0 Å². The first-order valence-corrected chi connectivity index (χ1v) is 20.5. The molecule has 0 spiro atoms. The highest BCUT2D eigenvalue weighted by Gasteiger charge is 2.24. The molecule has 1 N–H and O–H groups in total. The summed E-state index contributed by atoms with van der Waals surface area (Å²) in [6, 6.07) is 60.8. The van der Waals surface area contributed by atoms with E-state index in [9.17, 15) is 0 Å². The summed E-state index contributed by atoms with van der Waals surface area (Å²) in [5.41, 5.74) is 12.0. The number of aromatic nitrogens is 3. The number of para-hydroxylation sites is 2. The number of rotatable bonds is 5. The van der Waals surface area contributed by atoms with Gasteiger partial charge in [-0.05, 0) is 70.4 Å². The Morgan fingerprint density at radius 1 is 0.517 bits per heavy atom. The molecule has 12 rings (SSSR count). The monoisotopic (exact) mass is 758 g/mol. The van der Waals surface area contributed by atoms with E-state index in [2.05, 4.69) is 186 Å². The van der Waals surface area contributed by atoms with Crippen molar-refractivity contribution in [2.24, 2.45) is 0 Å². The summed E-state index contributed by atoms with van der Waals surface area (Å²) in [4.78, 5) is 10.4. The van der Waals surface area contributed by atoms with Crippen molar-refractivity contribution in [2.45, 2.75) is 6.04 Å². The van der Waals surface area contributed by atoms with Gasteiger partial charge in [-0.25, -0.2) is 9.97 Å². The van der Waals surface area contributed by atoms with Crippen molar-refractivity contribution >= 4 is 65.3 Å². The van der Waals surface area contributed by atoms with Crippen LogP contribution in [0.1, 0.15) is 5.56 Å². The van der Waals surface area contributed by atoms with Gasteiger partial charge in [0, 0.05) is 53.0 Å². The number of hydrogen-bond donors (Lipinski definition) is 1. The molecule has 2 aliphatic rings. The van der Waals surface area contributed by atoms with Gasteiger partial charge in [-0.3, -0.25) is 0 Å². The minimum atomic E-state index is 0.116. The standard InChI is InChI=1S/C53H34N4S/c1-2-13-35(14-3-1)53-55-45(34-24-27-39(28-25-34)57-47-20-10-7-16-40(47)41-17-8-11-21-48(41)57)32-46(56-53)37-26-29-49-43(31-37)50-51(38-23-22-33-12-4-5-15-36(33)30-38)54-44-19-9-6-18-42(44)52(50)58-49/h1-32,44,54H. The average Bonchev–Trinajstić information content (AvgIpc) is 3.85. The summed E-state index contributed by atoms with van der Waals surface area (Å²) in [7, 11) is 0. The normalized spacial score (nSPS) is 14.7. The molecular weight excluding hydrogens is 725 g/mol. The quantitative estimate of drug-likeness (QED) is 0.190. The lowest BCUT2D eigenvalue weighted by atomic mass is 9.94. The maximum Gasteiger partial charge on any atom is 0.160 e. The molecule has 0 bridgehead atoms. The van der Waals surface area contributed by atoms with Crippen molar-refractivity contribution < 1.29 is 0 Å². The Hall–Kier alpha value is -7.34. The number of fused-ring (bicyclic) bond motifs is 8. The van der Waals surface area contributed by atoms with Crippen molar-refractivity contribution in [1.82, 2.24) is 19.9 Å². The molecule has 0 fully saturated rings. The van der Waals surface area contributed by atoms with Crippen molar-refractivity contribution in [3.8, 4) is 39.6 Å². The molecule has 0 saturated carbocycles. The zero-order valence-electron chi connectivity index (χ0n) is 31.3. The van der Waals surface area contributed by atoms with Crippen LogP contribution in [0.15, 0.2) is 194 Å². The fourth-order valence-electron chi connectivity index (χ4n) is 8.83. The third kappa shape index (κ3) is 5.28. The zero-order chi connectivity index (χ0) is 38.2. The van der Waals surface area contributed by atoms with Crippen LogP contribution in [0, 0.1) is 0 Å². The maximum absolute atomic E-state index is 5.25. The lowest BCUT2D eigenvalue weighted by Crippen LogP contribution is -2.43. The molecule has 1 atom stereocenters. The number of thiophene rings is 1. The summed E-state index contributed by atoms with van der Waals surface area (Å²) >= 11 is 1.87. The smallest absolute Gasteiger partial charge is 0.160 e. The summed E-state index contributed by atoms with van der Waals surface area (Å²) in [6.07, 6.45) is 8.82. The van der Waals surface area contributed by atoms with Crippen molar-refractivity contribution in [3.63, 3.8) is 0 Å². The molecule has 0 radical (unpaired) electrons. The van der Waals surface area contributed by atoms with Crippen LogP contribution in [0.25, 0.3) is 93.5 Å². The number of hydrogen-bond acceptors (Lipinski definition) is 4. The van der Waals surface area contributed by atoms with Crippen LogP contribution in [-0.2, 0) is 0 Å².